The Kier molecular flexibility index (Phi) is 4.12. The summed E-state index contributed by atoms with van der Waals surface area (Å²) in [5.41, 5.74) is 2.93. The number of rotatable bonds is 5. The van der Waals surface area contributed by atoms with Gasteiger partial charge >= 0.3 is 0 Å². The molecule has 4 aromatic rings. The molecular weight excluding hydrogens is 368 g/mol. The fourth-order valence-corrected chi connectivity index (χ4v) is 3.37. The van der Waals surface area contributed by atoms with Crippen LogP contribution in [-0.4, -0.2) is 42.8 Å². The smallest absolute Gasteiger partial charge is 0.254 e. The average Bonchev–Trinajstić information content (AvgIpc) is 3.33. The first-order chi connectivity index (χ1) is 14.1. The van der Waals surface area contributed by atoms with Crippen LogP contribution in [0.15, 0.2) is 47.2 Å². The van der Waals surface area contributed by atoms with E-state index in [4.69, 9.17) is 9.51 Å². The maximum atomic E-state index is 13.3. The van der Waals surface area contributed by atoms with E-state index in [9.17, 15) is 4.79 Å². The van der Waals surface area contributed by atoms with Crippen molar-refractivity contribution in [2.24, 2.45) is 7.05 Å². The zero-order valence-corrected chi connectivity index (χ0v) is 16.2. The first-order valence-electron chi connectivity index (χ1n) is 9.55. The van der Waals surface area contributed by atoms with Gasteiger partial charge in [-0.05, 0) is 25.0 Å². The summed E-state index contributed by atoms with van der Waals surface area (Å²) < 4.78 is 7.02. The number of amides is 1. The van der Waals surface area contributed by atoms with Gasteiger partial charge in [-0.3, -0.25) is 9.48 Å². The predicted octanol–water partition coefficient (Wildman–Crippen LogP) is 3.17. The number of carbonyl (C=O) groups excluding carboxylic acids is 1. The Bertz CT molecular complexity index is 1210. The third-order valence-electron chi connectivity index (χ3n) is 5.08. The van der Waals surface area contributed by atoms with Crippen LogP contribution in [0.2, 0.25) is 0 Å². The topological polar surface area (TPSA) is 89.9 Å². The highest BCUT2D eigenvalue weighted by molar-refractivity contribution is 6.07. The van der Waals surface area contributed by atoms with Crippen molar-refractivity contribution in [2.45, 2.75) is 25.3 Å². The second kappa shape index (κ2) is 6.80. The van der Waals surface area contributed by atoms with Gasteiger partial charge in [0.2, 0.25) is 5.89 Å². The SMILES string of the molecule is CN(Cc1noc(C2CC2)n1)C(=O)c1cc(-c2cnn(C)c2)nc2ccccc12. The minimum Gasteiger partial charge on any atom is -0.339 e. The molecule has 0 spiro atoms. The number of carbonyl (C=O) groups is 1. The lowest BCUT2D eigenvalue weighted by Crippen LogP contribution is -2.27. The van der Waals surface area contributed by atoms with Gasteiger partial charge in [-0.2, -0.15) is 10.1 Å². The van der Waals surface area contributed by atoms with Crippen molar-refractivity contribution in [1.82, 2.24) is 29.8 Å². The molecule has 146 valence electrons. The number of hydrogen-bond donors (Lipinski definition) is 0. The summed E-state index contributed by atoms with van der Waals surface area (Å²) in [5.74, 6) is 1.47. The molecule has 1 fully saturated rings. The van der Waals surface area contributed by atoms with E-state index in [1.165, 1.54) is 0 Å². The molecule has 1 aliphatic carbocycles. The summed E-state index contributed by atoms with van der Waals surface area (Å²) in [4.78, 5) is 24.0. The van der Waals surface area contributed by atoms with Crippen LogP contribution in [0.25, 0.3) is 22.2 Å². The molecule has 0 unspecified atom stereocenters. The quantitative estimate of drug-likeness (QED) is 0.522. The van der Waals surface area contributed by atoms with Crippen molar-refractivity contribution in [3.05, 3.63) is 60.0 Å². The number of aryl methyl sites for hydroxylation is 1. The molecule has 0 saturated heterocycles. The molecule has 0 radical (unpaired) electrons. The van der Waals surface area contributed by atoms with Crippen LogP contribution in [0.4, 0.5) is 0 Å². The lowest BCUT2D eigenvalue weighted by atomic mass is 10.0. The number of fused-ring (bicyclic) bond motifs is 1. The molecular formula is C21H20N6O2. The molecule has 1 aromatic carbocycles. The van der Waals surface area contributed by atoms with E-state index in [1.807, 2.05) is 43.6 Å². The molecule has 0 atom stereocenters. The molecule has 1 saturated carbocycles. The van der Waals surface area contributed by atoms with Gasteiger partial charge in [0, 0.05) is 37.2 Å². The summed E-state index contributed by atoms with van der Waals surface area (Å²) in [6.45, 7) is 0.286. The monoisotopic (exact) mass is 388 g/mol. The van der Waals surface area contributed by atoms with E-state index < -0.39 is 0 Å². The Morgan fingerprint density at radius 3 is 2.86 bits per heavy atom. The summed E-state index contributed by atoms with van der Waals surface area (Å²) in [7, 11) is 3.60. The van der Waals surface area contributed by atoms with E-state index in [2.05, 4.69) is 15.2 Å². The van der Waals surface area contributed by atoms with Crippen LogP contribution >= 0.6 is 0 Å². The zero-order chi connectivity index (χ0) is 20.0. The van der Waals surface area contributed by atoms with Gasteiger partial charge in [-0.15, -0.1) is 0 Å². The fourth-order valence-electron chi connectivity index (χ4n) is 3.37. The molecule has 29 heavy (non-hydrogen) atoms. The maximum Gasteiger partial charge on any atom is 0.254 e. The Morgan fingerprint density at radius 2 is 2.10 bits per heavy atom. The van der Waals surface area contributed by atoms with Crippen molar-refractivity contribution < 1.29 is 9.32 Å². The predicted molar refractivity (Wildman–Crippen MR) is 106 cm³/mol. The molecule has 8 nitrogen and oxygen atoms in total. The molecule has 8 heteroatoms. The molecule has 0 aliphatic heterocycles. The second-order valence-electron chi connectivity index (χ2n) is 7.46. The summed E-state index contributed by atoms with van der Waals surface area (Å²) in [6.07, 6.45) is 5.81. The van der Waals surface area contributed by atoms with Crippen molar-refractivity contribution in [1.29, 1.82) is 0 Å². The first-order valence-corrected chi connectivity index (χ1v) is 9.55. The molecule has 5 rings (SSSR count). The number of nitrogens with zero attached hydrogens (tertiary/aromatic N) is 6. The lowest BCUT2D eigenvalue weighted by molar-refractivity contribution is 0.0782. The molecule has 3 heterocycles. The Hall–Kier alpha value is -3.55. The number of aromatic nitrogens is 5. The van der Waals surface area contributed by atoms with E-state index >= 15 is 0 Å². The second-order valence-corrected chi connectivity index (χ2v) is 7.46. The van der Waals surface area contributed by atoms with Crippen molar-refractivity contribution in [2.75, 3.05) is 7.05 Å². The molecule has 3 aromatic heterocycles. The molecule has 1 amide bonds. The van der Waals surface area contributed by atoms with E-state index in [-0.39, 0.29) is 12.5 Å². The summed E-state index contributed by atoms with van der Waals surface area (Å²) >= 11 is 0. The van der Waals surface area contributed by atoms with Crippen molar-refractivity contribution in [3.8, 4) is 11.3 Å². The van der Waals surface area contributed by atoms with Crippen LogP contribution in [0.3, 0.4) is 0 Å². The van der Waals surface area contributed by atoms with Crippen LogP contribution < -0.4 is 0 Å². The van der Waals surface area contributed by atoms with Gasteiger partial charge in [0.05, 0.1) is 29.5 Å². The lowest BCUT2D eigenvalue weighted by Gasteiger charge is -2.17. The standard InChI is InChI=1S/C21H20N6O2/c1-26(12-19-24-20(29-25-19)13-7-8-13)21(28)16-9-18(14-10-22-27(2)11-14)23-17-6-4-3-5-15(16)17/h3-6,9-11,13H,7-8,12H2,1-2H3. The number of hydrogen-bond acceptors (Lipinski definition) is 6. The Balaban J connectivity index is 1.49. The van der Waals surface area contributed by atoms with Gasteiger partial charge < -0.3 is 9.42 Å². The van der Waals surface area contributed by atoms with Crippen LogP contribution in [0, 0.1) is 0 Å². The third kappa shape index (κ3) is 3.37. The summed E-state index contributed by atoms with van der Waals surface area (Å²) in [6, 6.07) is 9.47. The highest BCUT2D eigenvalue weighted by atomic mass is 16.5. The van der Waals surface area contributed by atoms with E-state index in [1.54, 1.807) is 22.8 Å². The minimum absolute atomic E-state index is 0.119. The van der Waals surface area contributed by atoms with Gasteiger partial charge in [-0.25, -0.2) is 4.98 Å². The molecule has 0 N–H and O–H groups in total. The average molecular weight is 388 g/mol. The Morgan fingerprint density at radius 1 is 1.28 bits per heavy atom. The highest BCUT2D eigenvalue weighted by Crippen LogP contribution is 2.38. The van der Waals surface area contributed by atoms with Crippen molar-refractivity contribution >= 4 is 16.8 Å². The van der Waals surface area contributed by atoms with Crippen LogP contribution in [-0.2, 0) is 13.6 Å². The third-order valence-corrected chi connectivity index (χ3v) is 5.08. The summed E-state index contributed by atoms with van der Waals surface area (Å²) in [5, 5.41) is 9.04. The largest absolute Gasteiger partial charge is 0.339 e. The van der Waals surface area contributed by atoms with Gasteiger partial charge in [0.25, 0.3) is 5.91 Å². The van der Waals surface area contributed by atoms with E-state index in [0.717, 1.165) is 29.3 Å². The number of para-hydroxylation sites is 1. The van der Waals surface area contributed by atoms with Crippen LogP contribution in [0.5, 0.6) is 0 Å². The highest BCUT2D eigenvalue weighted by Gasteiger charge is 2.30. The normalized spacial score (nSPS) is 13.7. The van der Waals surface area contributed by atoms with Gasteiger partial charge in [0.15, 0.2) is 5.82 Å². The van der Waals surface area contributed by atoms with E-state index in [0.29, 0.717) is 28.9 Å². The number of benzene rings is 1. The number of pyridine rings is 1. The molecule has 0 bridgehead atoms. The first kappa shape index (κ1) is 17.5. The van der Waals surface area contributed by atoms with Crippen LogP contribution in [0.1, 0.15) is 40.8 Å². The zero-order valence-electron chi connectivity index (χ0n) is 16.2. The molecule has 1 aliphatic rings. The minimum atomic E-state index is -0.119. The maximum absolute atomic E-state index is 13.3. The van der Waals surface area contributed by atoms with Gasteiger partial charge in [0.1, 0.15) is 0 Å². The van der Waals surface area contributed by atoms with Gasteiger partial charge in [-0.1, -0.05) is 23.4 Å². The van der Waals surface area contributed by atoms with Crippen molar-refractivity contribution in [3.63, 3.8) is 0 Å². The Labute approximate surface area is 167 Å². The fraction of sp³-hybridized carbons (Fsp3) is 0.286.